The number of carbonyl (C=O) groups excluding carboxylic acids is 2. The highest BCUT2D eigenvalue weighted by Crippen LogP contribution is 2.17. The number of amides is 1. The van der Waals surface area contributed by atoms with Crippen molar-refractivity contribution in [2.24, 2.45) is 0 Å². The Kier molecular flexibility index (Phi) is 6.89. The molecule has 1 fully saturated rings. The molecule has 2 aromatic rings. The van der Waals surface area contributed by atoms with Gasteiger partial charge in [-0.05, 0) is 34.9 Å². The Balaban J connectivity index is 1.63. The van der Waals surface area contributed by atoms with Crippen LogP contribution in [0.4, 0.5) is 0 Å². The second-order valence-corrected chi connectivity index (χ2v) is 6.66. The molecule has 144 valence electrons. The van der Waals surface area contributed by atoms with Gasteiger partial charge in [-0.25, -0.2) is 0 Å². The van der Waals surface area contributed by atoms with E-state index in [4.69, 9.17) is 5.11 Å². The number of nitrogens with zero attached hydrogens (tertiary/aromatic N) is 1. The van der Waals surface area contributed by atoms with Crippen LogP contribution in [0.1, 0.15) is 22.7 Å². The lowest BCUT2D eigenvalue weighted by Gasteiger charge is -2.33. The average molecular weight is 376 g/mol. The Hall–Kier alpha value is -3.02. The molecular weight excluding hydrogens is 352 g/mol. The van der Waals surface area contributed by atoms with Crippen LogP contribution in [0, 0.1) is 0 Å². The van der Waals surface area contributed by atoms with E-state index < -0.39 is 6.61 Å². The monoisotopic (exact) mass is 376 g/mol. The molecule has 28 heavy (non-hydrogen) atoms. The molecule has 5 heteroatoms. The van der Waals surface area contributed by atoms with Crippen LogP contribution < -0.4 is 5.32 Å². The first-order chi connectivity index (χ1) is 13.7. The van der Waals surface area contributed by atoms with Crippen molar-refractivity contribution in [2.45, 2.75) is 6.04 Å². The molecule has 0 aliphatic carbocycles. The summed E-state index contributed by atoms with van der Waals surface area (Å²) >= 11 is 0. The van der Waals surface area contributed by atoms with E-state index in [2.05, 4.69) is 17.4 Å². The predicted molar refractivity (Wildman–Crippen MR) is 110 cm³/mol. The quantitative estimate of drug-likeness (QED) is 0.760. The van der Waals surface area contributed by atoms with Crippen LogP contribution in [0.3, 0.4) is 0 Å². The second-order valence-electron chi connectivity index (χ2n) is 6.66. The Bertz CT molecular complexity index is 874. The molecule has 5 nitrogen and oxygen atoms in total. The number of aliphatic hydroxyl groups is 1. The number of rotatable bonds is 6. The van der Waals surface area contributed by atoms with Gasteiger partial charge in [0.1, 0.15) is 6.61 Å². The Labute approximate surface area is 165 Å². The molecule has 1 unspecified atom stereocenters. The minimum atomic E-state index is -0.501. The molecule has 2 aromatic carbocycles. The summed E-state index contributed by atoms with van der Waals surface area (Å²) in [4.78, 5) is 25.7. The van der Waals surface area contributed by atoms with E-state index in [1.54, 1.807) is 18.2 Å². The molecule has 0 saturated carbocycles. The Morgan fingerprint density at radius 3 is 2.46 bits per heavy atom. The first-order valence-corrected chi connectivity index (χ1v) is 9.33. The Morgan fingerprint density at radius 1 is 1.04 bits per heavy atom. The number of ketones is 1. The first-order valence-electron chi connectivity index (χ1n) is 9.33. The molecule has 0 radical (unpaired) electrons. The van der Waals surface area contributed by atoms with Gasteiger partial charge in [-0.2, -0.15) is 0 Å². The fraction of sp³-hybridized carbons (Fsp3) is 0.217. The van der Waals surface area contributed by atoms with Crippen LogP contribution in [0.5, 0.6) is 0 Å². The van der Waals surface area contributed by atoms with Gasteiger partial charge in [0.2, 0.25) is 5.91 Å². The summed E-state index contributed by atoms with van der Waals surface area (Å²) in [5.41, 5.74) is 2.89. The number of aliphatic hydroxyl groups excluding tert-OH is 1. The molecule has 1 atom stereocenters. The van der Waals surface area contributed by atoms with E-state index in [9.17, 15) is 9.59 Å². The summed E-state index contributed by atoms with van der Waals surface area (Å²) < 4.78 is 0. The maximum atomic E-state index is 12.6. The summed E-state index contributed by atoms with van der Waals surface area (Å²) in [7, 11) is 0. The van der Waals surface area contributed by atoms with Crippen molar-refractivity contribution >= 4 is 23.8 Å². The van der Waals surface area contributed by atoms with Crippen LogP contribution >= 0.6 is 0 Å². The van der Waals surface area contributed by atoms with Crippen LogP contribution in [0.15, 0.2) is 66.7 Å². The lowest BCUT2D eigenvalue weighted by Crippen LogP contribution is -2.47. The molecule has 0 bridgehead atoms. The third-order valence-electron chi connectivity index (χ3n) is 4.64. The molecule has 1 saturated heterocycles. The highest BCUT2D eigenvalue weighted by atomic mass is 16.3. The minimum absolute atomic E-state index is 0.0150. The van der Waals surface area contributed by atoms with Gasteiger partial charge < -0.3 is 15.3 Å². The van der Waals surface area contributed by atoms with Gasteiger partial charge in [0.05, 0.1) is 0 Å². The number of benzene rings is 2. The maximum Gasteiger partial charge on any atom is 0.246 e. The van der Waals surface area contributed by atoms with Gasteiger partial charge in [-0.1, -0.05) is 54.6 Å². The third-order valence-corrected chi connectivity index (χ3v) is 4.64. The van der Waals surface area contributed by atoms with E-state index >= 15 is 0 Å². The zero-order chi connectivity index (χ0) is 19.8. The molecule has 0 aromatic heterocycles. The van der Waals surface area contributed by atoms with E-state index in [0.29, 0.717) is 13.1 Å². The van der Waals surface area contributed by atoms with Gasteiger partial charge in [-0.15, -0.1) is 0 Å². The van der Waals surface area contributed by atoms with Crippen molar-refractivity contribution in [3.63, 3.8) is 0 Å². The van der Waals surface area contributed by atoms with Gasteiger partial charge in [0, 0.05) is 31.8 Å². The number of carbonyl (C=O) groups is 2. The van der Waals surface area contributed by atoms with Gasteiger partial charge in [0.15, 0.2) is 5.78 Å². The highest BCUT2D eigenvalue weighted by molar-refractivity contribution is 5.94. The third kappa shape index (κ3) is 5.49. The molecule has 3 rings (SSSR count). The zero-order valence-corrected chi connectivity index (χ0v) is 15.6. The molecule has 2 N–H and O–H groups in total. The SMILES string of the molecule is O=C(/C=C/c1cccc(/C=C/C(=O)N2CCNC(c3ccccc3)C2)c1)CO. The topological polar surface area (TPSA) is 69.6 Å². The minimum Gasteiger partial charge on any atom is -0.388 e. The van der Waals surface area contributed by atoms with E-state index in [-0.39, 0.29) is 17.7 Å². The normalized spacial score (nSPS) is 17.3. The lowest BCUT2D eigenvalue weighted by molar-refractivity contribution is -0.127. The molecular formula is C23H24N2O3. The van der Waals surface area contributed by atoms with Gasteiger partial charge in [-0.3, -0.25) is 9.59 Å². The van der Waals surface area contributed by atoms with Crippen LogP contribution in [-0.2, 0) is 9.59 Å². The summed E-state index contributed by atoms with van der Waals surface area (Å²) in [5.74, 6) is -0.360. The number of hydrogen-bond donors (Lipinski definition) is 2. The van der Waals surface area contributed by atoms with Crippen molar-refractivity contribution in [1.82, 2.24) is 10.2 Å². The Morgan fingerprint density at radius 2 is 1.75 bits per heavy atom. The van der Waals surface area contributed by atoms with Crippen LogP contribution in [0.25, 0.3) is 12.2 Å². The smallest absolute Gasteiger partial charge is 0.246 e. The van der Waals surface area contributed by atoms with Crippen molar-refractivity contribution in [1.29, 1.82) is 0 Å². The second kappa shape index (κ2) is 9.78. The average Bonchev–Trinajstić information content (AvgIpc) is 2.76. The molecule has 0 spiro atoms. The van der Waals surface area contributed by atoms with Gasteiger partial charge in [0.25, 0.3) is 0 Å². The fourth-order valence-electron chi connectivity index (χ4n) is 3.14. The summed E-state index contributed by atoms with van der Waals surface area (Å²) in [6.07, 6.45) is 6.37. The largest absolute Gasteiger partial charge is 0.388 e. The van der Waals surface area contributed by atoms with Crippen molar-refractivity contribution in [3.8, 4) is 0 Å². The van der Waals surface area contributed by atoms with E-state index in [0.717, 1.165) is 17.7 Å². The van der Waals surface area contributed by atoms with Crippen LogP contribution in [0.2, 0.25) is 0 Å². The molecule has 1 amide bonds. The summed E-state index contributed by atoms with van der Waals surface area (Å²) in [5, 5.41) is 12.2. The number of nitrogens with one attached hydrogen (secondary N) is 1. The summed E-state index contributed by atoms with van der Waals surface area (Å²) in [6, 6.07) is 17.8. The zero-order valence-electron chi connectivity index (χ0n) is 15.6. The standard InChI is InChI=1S/C23H24N2O3/c26-17-21(27)11-9-18-5-4-6-19(15-18)10-12-23(28)25-14-13-24-22(16-25)20-7-2-1-3-8-20/h1-12,15,22,24,26H,13-14,16-17H2/b11-9+,12-10+. The van der Waals surface area contributed by atoms with Crippen molar-refractivity contribution in [3.05, 3.63) is 83.4 Å². The number of piperazine rings is 1. The highest BCUT2D eigenvalue weighted by Gasteiger charge is 2.22. The van der Waals surface area contributed by atoms with Crippen molar-refractivity contribution < 1.29 is 14.7 Å². The fourth-order valence-corrected chi connectivity index (χ4v) is 3.14. The number of hydrogen-bond acceptors (Lipinski definition) is 4. The molecule has 1 heterocycles. The maximum absolute atomic E-state index is 12.6. The predicted octanol–water partition coefficient (Wildman–Crippen LogP) is 2.45. The molecule has 1 aliphatic rings. The van der Waals surface area contributed by atoms with Gasteiger partial charge >= 0.3 is 0 Å². The van der Waals surface area contributed by atoms with E-state index in [1.807, 2.05) is 47.4 Å². The lowest BCUT2D eigenvalue weighted by atomic mass is 10.0. The molecule has 1 aliphatic heterocycles. The van der Waals surface area contributed by atoms with Crippen LogP contribution in [-0.4, -0.2) is 47.9 Å². The van der Waals surface area contributed by atoms with E-state index in [1.165, 1.54) is 11.6 Å². The first kappa shape index (κ1) is 19.7. The summed E-state index contributed by atoms with van der Waals surface area (Å²) in [6.45, 7) is 1.58. The van der Waals surface area contributed by atoms with Crippen molar-refractivity contribution in [2.75, 3.05) is 26.2 Å².